The molecule has 1 saturated heterocycles. The molecule has 0 aromatic heterocycles. The van der Waals surface area contributed by atoms with Crippen LogP contribution in [0.1, 0.15) is 31.7 Å². The molecule has 0 aliphatic carbocycles. The van der Waals surface area contributed by atoms with Gasteiger partial charge in [0.05, 0.1) is 26.4 Å². The summed E-state index contributed by atoms with van der Waals surface area (Å²) in [5, 5.41) is 7.23. The van der Waals surface area contributed by atoms with Gasteiger partial charge < -0.3 is 24.8 Å². The van der Waals surface area contributed by atoms with Crippen molar-refractivity contribution in [2.24, 2.45) is 4.99 Å². The van der Waals surface area contributed by atoms with Gasteiger partial charge in [-0.15, -0.1) is 0 Å². The molecule has 1 heterocycles. The molecule has 0 bridgehead atoms. The highest BCUT2D eigenvalue weighted by Crippen LogP contribution is 2.23. The van der Waals surface area contributed by atoms with Gasteiger partial charge >= 0.3 is 0 Å². The van der Waals surface area contributed by atoms with Crippen LogP contribution in [0.5, 0.6) is 5.75 Å². The second-order valence-corrected chi connectivity index (χ2v) is 6.58. The summed E-state index contributed by atoms with van der Waals surface area (Å²) in [6.45, 7) is 6.46. The first kappa shape index (κ1) is 20.8. The lowest BCUT2D eigenvalue weighted by molar-refractivity contribution is 0.0168. The number of guanidine groups is 1. The second-order valence-electron chi connectivity index (χ2n) is 6.14. The fourth-order valence-electron chi connectivity index (χ4n) is 2.73. The Morgan fingerprint density at radius 2 is 2.27 bits per heavy atom. The highest BCUT2D eigenvalue weighted by Gasteiger charge is 2.14. The number of rotatable bonds is 10. The summed E-state index contributed by atoms with van der Waals surface area (Å²) in [7, 11) is 1.64. The predicted octanol–water partition coefficient (Wildman–Crippen LogP) is 2.99. The van der Waals surface area contributed by atoms with Crippen LogP contribution in [0, 0.1) is 0 Å². The third-order valence-corrected chi connectivity index (χ3v) is 4.32. The average molecular weight is 384 g/mol. The fraction of sp³-hybridized carbons (Fsp3) is 0.632. The largest absolute Gasteiger partial charge is 0.496 e. The number of nitrogens with one attached hydrogen (secondary N) is 2. The van der Waals surface area contributed by atoms with Gasteiger partial charge in [-0.25, -0.2) is 4.99 Å². The Morgan fingerprint density at radius 1 is 1.38 bits per heavy atom. The van der Waals surface area contributed by atoms with Gasteiger partial charge in [-0.3, -0.25) is 0 Å². The molecule has 2 rings (SSSR count). The van der Waals surface area contributed by atoms with Crippen LogP contribution in [-0.4, -0.2) is 52.1 Å². The summed E-state index contributed by atoms with van der Waals surface area (Å²) in [5.74, 6) is 1.53. The van der Waals surface area contributed by atoms with Gasteiger partial charge in [-0.1, -0.05) is 17.7 Å². The van der Waals surface area contributed by atoms with E-state index in [-0.39, 0.29) is 6.10 Å². The Hall–Kier alpha value is -1.50. The number of ether oxygens (including phenoxy) is 3. The van der Waals surface area contributed by atoms with E-state index in [4.69, 9.17) is 25.8 Å². The summed E-state index contributed by atoms with van der Waals surface area (Å²) in [5.41, 5.74) is 0.994. The molecule has 1 aromatic carbocycles. The Bertz CT molecular complexity index is 563. The van der Waals surface area contributed by atoms with E-state index in [0.717, 1.165) is 62.8 Å². The molecule has 1 aliphatic rings. The Labute approximate surface area is 161 Å². The van der Waals surface area contributed by atoms with Crippen LogP contribution in [0.2, 0.25) is 5.02 Å². The van der Waals surface area contributed by atoms with Crippen molar-refractivity contribution in [1.29, 1.82) is 0 Å². The molecule has 1 atom stereocenters. The van der Waals surface area contributed by atoms with Crippen molar-refractivity contribution in [2.45, 2.75) is 38.8 Å². The highest BCUT2D eigenvalue weighted by molar-refractivity contribution is 6.30. The SMILES string of the molecule is CCNC(=NCc1ccc(Cl)cc1OC)NCCCOCC1CCCO1. The lowest BCUT2D eigenvalue weighted by Crippen LogP contribution is -2.38. The van der Waals surface area contributed by atoms with Crippen molar-refractivity contribution in [3.8, 4) is 5.75 Å². The first-order valence-electron chi connectivity index (χ1n) is 9.27. The molecule has 0 spiro atoms. The maximum absolute atomic E-state index is 6.00. The Balaban J connectivity index is 1.72. The van der Waals surface area contributed by atoms with E-state index in [0.29, 0.717) is 18.2 Å². The predicted molar refractivity (Wildman–Crippen MR) is 105 cm³/mol. The molecule has 146 valence electrons. The molecule has 1 fully saturated rings. The van der Waals surface area contributed by atoms with Crippen LogP contribution in [0.4, 0.5) is 0 Å². The number of halogens is 1. The molecule has 2 N–H and O–H groups in total. The Morgan fingerprint density at radius 3 is 3.00 bits per heavy atom. The van der Waals surface area contributed by atoms with Gasteiger partial charge in [0, 0.05) is 36.9 Å². The van der Waals surface area contributed by atoms with Crippen molar-refractivity contribution < 1.29 is 14.2 Å². The number of aliphatic imine (C=N–C) groups is 1. The molecule has 0 amide bonds. The maximum Gasteiger partial charge on any atom is 0.191 e. The monoisotopic (exact) mass is 383 g/mol. The van der Waals surface area contributed by atoms with E-state index in [1.54, 1.807) is 13.2 Å². The van der Waals surface area contributed by atoms with Crippen LogP contribution in [0.3, 0.4) is 0 Å². The highest BCUT2D eigenvalue weighted by atomic mass is 35.5. The van der Waals surface area contributed by atoms with E-state index in [9.17, 15) is 0 Å². The molecule has 6 nitrogen and oxygen atoms in total. The van der Waals surface area contributed by atoms with Crippen molar-refractivity contribution >= 4 is 17.6 Å². The number of hydrogen-bond donors (Lipinski definition) is 2. The third-order valence-electron chi connectivity index (χ3n) is 4.09. The lowest BCUT2D eigenvalue weighted by Gasteiger charge is -2.13. The van der Waals surface area contributed by atoms with Crippen LogP contribution < -0.4 is 15.4 Å². The smallest absolute Gasteiger partial charge is 0.191 e. The van der Waals surface area contributed by atoms with Crippen molar-refractivity contribution in [2.75, 3.05) is 40.0 Å². The summed E-state index contributed by atoms with van der Waals surface area (Å²) < 4.78 is 16.6. The van der Waals surface area contributed by atoms with Crippen LogP contribution in [0.15, 0.2) is 23.2 Å². The molecule has 1 aliphatic heterocycles. The van der Waals surface area contributed by atoms with E-state index < -0.39 is 0 Å². The molecular formula is C19H30ClN3O3. The van der Waals surface area contributed by atoms with E-state index in [1.165, 1.54) is 0 Å². The molecular weight excluding hydrogens is 354 g/mol. The molecule has 1 unspecified atom stereocenters. The van der Waals surface area contributed by atoms with Gasteiger partial charge in [0.1, 0.15) is 5.75 Å². The van der Waals surface area contributed by atoms with Gasteiger partial charge in [0.2, 0.25) is 0 Å². The zero-order valence-electron chi connectivity index (χ0n) is 15.7. The molecule has 7 heteroatoms. The molecule has 26 heavy (non-hydrogen) atoms. The maximum atomic E-state index is 6.00. The summed E-state index contributed by atoms with van der Waals surface area (Å²) in [4.78, 5) is 4.61. The van der Waals surface area contributed by atoms with Gasteiger partial charge in [0.15, 0.2) is 5.96 Å². The number of methoxy groups -OCH3 is 1. The number of nitrogens with zero attached hydrogens (tertiary/aromatic N) is 1. The van der Waals surface area contributed by atoms with Crippen molar-refractivity contribution in [3.63, 3.8) is 0 Å². The van der Waals surface area contributed by atoms with Gasteiger partial charge in [0.25, 0.3) is 0 Å². The molecule has 0 saturated carbocycles. The van der Waals surface area contributed by atoms with Crippen LogP contribution in [-0.2, 0) is 16.0 Å². The minimum atomic E-state index is 0.288. The second kappa shape index (κ2) is 12.0. The van der Waals surface area contributed by atoms with Gasteiger partial charge in [-0.2, -0.15) is 0 Å². The van der Waals surface area contributed by atoms with Gasteiger partial charge in [-0.05, 0) is 38.3 Å². The minimum absolute atomic E-state index is 0.288. The van der Waals surface area contributed by atoms with E-state index >= 15 is 0 Å². The molecule has 0 radical (unpaired) electrons. The first-order valence-corrected chi connectivity index (χ1v) is 9.64. The quantitative estimate of drug-likeness (QED) is 0.369. The lowest BCUT2D eigenvalue weighted by atomic mass is 10.2. The minimum Gasteiger partial charge on any atom is -0.496 e. The zero-order chi connectivity index (χ0) is 18.6. The van der Waals surface area contributed by atoms with Crippen molar-refractivity contribution in [1.82, 2.24) is 10.6 Å². The van der Waals surface area contributed by atoms with E-state index in [2.05, 4.69) is 15.6 Å². The summed E-state index contributed by atoms with van der Waals surface area (Å²) >= 11 is 6.00. The van der Waals surface area contributed by atoms with Crippen LogP contribution in [0.25, 0.3) is 0 Å². The third kappa shape index (κ3) is 7.40. The first-order chi connectivity index (χ1) is 12.7. The summed E-state index contributed by atoms with van der Waals surface area (Å²) in [6.07, 6.45) is 3.47. The van der Waals surface area contributed by atoms with Crippen molar-refractivity contribution in [3.05, 3.63) is 28.8 Å². The number of benzene rings is 1. The Kier molecular flexibility index (Phi) is 9.60. The standard InChI is InChI=1S/C19H30ClN3O3/c1-3-21-19(22-9-5-10-25-14-17-6-4-11-26-17)23-13-15-7-8-16(20)12-18(15)24-2/h7-8,12,17H,3-6,9-11,13-14H2,1-2H3,(H2,21,22,23). The topological polar surface area (TPSA) is 64.1 Å². The van der Waals surface area contributed by atoms with E-state index in [1.807, 2.05) is 19.1 Å². The average Bonchev–Trinajstić information content (AvgIpc) is 3.16. The zero-order valence-corrected chi connectivity index (χ0v) is 16.5. The molecule has 1 aromatic rings. The summed E-state index contributed by atoms with van der Waals surface area (Å²) in [6, 6.07) is 5.59. The normalized spacial score (nSPS) is 17.3. The number of hydrogen-bond acceptors (Lipinski definition) is 4. The fourth-order valence-corrected chi connectivity index (χ4v) is 2.89. The van der Waals surface area contributed by atoms with Crippen LogP contribution >= 0.6 is 11.6 Å².